The second kappa shape index (κ2) is 5.09. The molecule has 2 N–H and O–H groups in total. The number of hydrogen-bond donors (Lipinski definition) is 1. The van der Waals surface area contributed by atoms with Crippen molar-refractivity contribution in [2.45, 2.75) is 38.1 Å². The third-order valence-corrected chi connectivity index (χ3v) is 4.08. The van der Waals surface area contributed by atoms with E-state index in [0.29, 0.717) is 13.1 Å². The molecule has 0 radical (unpaired) electrons. The Morgan fingerprint density at radius 3 is 2.64 bits per heavy atom. The van der Waals surface area contributed by atoms with Gasteiger partial charge in [0.25, 0.3) is 0 Å². The summed E-state index contributed by atoms with van der Waals surface area (Å²) in [5, 5.41) is 0. The molecule has 0 spiro atoms. The van der Waals surface area contributed by atoms with Crippen LogP contribution in [0.3, 0.4) is 0 Å². The van der Waals surface area contributed by atoms with Gasteiger partial charge < -0.3 is 5.73 Å². The summed E-state index contributed by atoms with van der Waals surface area (Å²) in [7, 11) is -3.04. The van der Waals surface area contributed by atoms with Crippen molar-refractivity contribution in [3.63, 3.8) is 0 Å². The molecule has 0 saturated carbocycles. The minimum Gasteiger partial charge on any atom is -0.330 e. The first-order valence-corrected chi connectivity index (χ1v) is 7.07. The van der Waals surface area contributed by atoms with Gasteiger partial charge in [0, 0.05) is 12.6 Å². The molecule has 5 heteroatoms. The molecule has 1 atom stereocenters. The molecule has 0 aromatic heterocycles. The van der Waals surface area contributed by atoms with E-state index in [2.05, 4.69) is 0 Å². The van der Waals surface area contributed by atoms with Gasteiger partial charge in [-0.25, -0.2) is 8.42 Å². The molecule has 1 fully saturated rings. The summed E-state index contributed by atoms with van der Waals surface area (Å²) in [6.07, 6.45) is 6.27. The molecule has 14 heavy (non-hydrogen) atoms. The molecule has 1 rings (SSSR count). The fourth-order valence-corrected chi connectivity index (χ4v) is 3.28. The molecule has 1 aliphatic heterocycles. The first kappa shape index (κ1) is 11.9. The highest BCUT2D eigenvalue weighted by Crippen LogP contribution is 2.21. The van der Waals surface area contributed by atoms with Gasteiger partial charge in [-0.3, -0.25) is 0 Å². The highest BCUT2D eigenvalue weighted by molar-refractivity contribution is 7.88. The second-order valence-electron chi connectivity index (χ2n) is 3.95. The van der Waals surface area contributed by atoms with Gasteiger partial charge in [0.2, 0.25) is 10.0 Å². The van der Waals surface area contributed by atoms with E-state index in [1.807, 2.05) is 0 Å². The molecule has 1 saturated heterocycles. The van der Waals surface area contributed by atoms with Crippen molar-refractivity contribution in [3.05, 3.63) is 0 Å². The highest BCUT2D eigenvalue weighted by atomic mass is 32.2. The lowest BCUT2D eigenvalue weighted by Crippen LogP contribution is -2.40. The van der Waals surface area contributed by atoms with E-state index in [4.69, 9.17) is 5.73 Å². The maximum atomic E-state index is 11.5. The van der Waals surface area contributed by atoms with Crippen LogP contribution in [0.5, 0.6) is 0 Å². The van der Waals surface area contributed by atoms with Crippen LogP contribution in [-0.4, -0.2) is 38.1 Å². The zero-order valence-electron chi connectivity index (χ0n) is 8.78. The Labute approximate surface area is 86.5 Å². The SMILES string of the molecule is CS(=O)(=O)N1CCCCCC1CCN. The van der Waals surface area contributed by atoms with Crippen LogP contribution in [0.15, 0.2) is 0 Å². The summed E-state index contributed by atoms with van der Waals surface area (Å²) in [5.41, 5.74) is 5.49. The minimum atomic E-state index is -3.04. The molecule has 0 aliphatic carbocycles. The van der Waals surface area contributed by atoms with Gasteiger partial charge in [-0.2, -0.15) is 4.31 Å². The average molecular weight is 220 g/mol. The molecular weight excluding hydrogens is 200 g/mol. The lowest BCUT2D eigenvalue weighted by Gasteiger charge is -2.27. The van der Waals surface area contributed by atoms with E-state index in [-0.39, 0.29) is 6.04 Å². The fourth-order valence-electron chi connectivity index (χ4n) is 2.07. The monoisotopic (exact) mass is 220 g/mol. The third kappa shape index (κ3) is 3.22. The van der Waals surface area contributed by atoms with Crippen molar-refractivity contribution >= 4 is 10.0 Å². The summed E-state index contributed by atoms with van der Waals surface area (Å²) < 4.78 is 24.7. The number of nitrogens with zero attached hydrogens (tertiary/aromatic N) is 1. The van der Waals surface area contributed by atoms with E-state index in [1.54, 1.807) is 4.31 Å². The number of nitrogens with two attached hydrogens (primary N) is 1. The highest BCUT2D eigenvalue weighted by Gasteiger charge is 2.26. The second-order valence-corrected chi connectivity index (χ2v) is 5.89. The standard InChI is InChI=1S/C9H20N2O2S/c1-14(12,13)11-8-4-2-3-5-9(11)6-7-10/h9H,2-8,10H2,1H3. The zero-order valence-corrected chi connectivity index (χ0v) is 9.59. The summed E-state index contributed by atoms with van der Waals surface area (Å²) in [5.74, 6) is 0. The lowest BCUT2D eigenvalue weighted by molar-refractivity contribution is 0.312. The van der Waals surface area contributed by atoms with Crippen LogP contribution in [0.4, 0.5) is 0 Å². The summed E-state index contributed by atoms with van der Waals surface area (Å²) in [6.45, 7) is 1.24. The Morgan fingerprint density at radius 1 is 1.36 bits per heavy atom. The van der Waals surface area contributed by atoms with Crippen molar-refractivity contribution in [1.82, 2.24) is 4.31 Å². The first-order chi connectivity index (χ1) is 6.55. The molecule has 1 unspecified atom stereocenters. The average Bonchev–Trinajstić information content (AvgIpc) is 2.29. The number of hydrogen-bond acceptors (Lipinski definition) is 3. The predicted octanol–water partition coefficient (Wildman–Crippen LogP) is 0.539. The van der Waals surface area contributed by atoms with E-state index < -0.39 is 10.0 Å². The smallest absolute Gasteiger partial charge is 0.211 e. The maximum absolute atomic E-state index is 11.5. The number of sulfonamides is 1. The quantitative estimate of drug-likeness (QED) is 0.755. The molecule has 4 nitrogen and oxygen atoms in total. The van der Waals surface area contributed by atoms with Crippen molar-refractivity contribution in [2.24, 2.45) is 5.73 Å². The van der Waals surface area contributed by atoms with Crippen molar-refractivity contribution in [2.75, 3.05) is 19.3 Å². The lowest BCUT2D eigenvalue weighted by atomic mass is 10.1. The predicted molar refractivity (Wildman–Crippen MR) is 57.5 cm³/mol. The van der Waals surface area contributed by atoms with E-state index >= 15 is 0 Å². The Bertz CT molecular complexity index is 264. The van der Waals surface area contributed by atoms with Crippen LogP contribution in [0.1, 0.15) is 32.1 Å². The molecule has 0 bridgehead atoms. The van der Waals surface area contributed by atoms with Crippen molar-refractivity contribution < 1.29 is 8.42 Å². The molecule has 84 valence electrons. The maximum Gasteiger partial charge on any atom is 0.211 e. The van der Waals surface area contributed by atoms with E-state index in [1.165, 1.54) is 6.26 Å². The van der Waals surface area contributed by atoms with Crippen molar-refractivity contribution in [3.8, 4) is 0 Å². The van der Waals surface area contributed by atoms with Gasteiger partial charge in [0.1, 0.15) is 0 Å². The fraction of sp³-hybridized carbons (Fsp3) is 1.00. The van der Waals surface area contributed by atoms with Gasteiger partial charge in [0.15, 0.2) is 0 Å². The molecule has 0 aromatic carbocycles. The van der Waals surface area contributed by atoms with E-state index in [0.717, 1.165) is 32.1 Å². The van der Waals surface area contributed by atoms with E-state index in [9.17, 15) is 8.42 Å². The Hall–Kier alpha value is -0.130. The van der Waals surface area contributed by atoms with Crippen molar-refractivity contribution in [1.29, 1.82) is 0 Å². The summed E-state index contributed by atoms with van der Waals surface area (Å²) in [4.78, 5) is 0. The van der Waals surface area contributed by atoms with Crippen LogP contribution >= 0.6 is 0 Å². The Balaban J connectivity index is 2.74. The van der Waals surface area contributed by atoms with Gasteiger partial charge in [-0.15, -0.1) is 0 Å². The van der Waals surface area contributed by atoms with Gasteiger partial charge in [-0.05, 0) is 25.8 Å². The van der Waals surface area contributed by atoms with Gasteiger partial charge in [-0.1, -0.05) is 12.8 Å². The Morgan fingerprint density at radius 2 is 2.07 bits per heavy atom. The zero-order chi connectivity index (χ0) is 10.6. The summed E-state index contributed by atoms with van der Waals surface area (Å²) in [6, 6.07) is 0.137. The van der Waals surface area contributed by atoms with Crippen LogP contribution in [0.25, 0.3) is 0 Å². The number of rotatable bonds is 3. The molecular formula is C9H20N2O2S. The first-order valence-electron chi connectivity index (χ1n) is 5.22. The van der Waals surface area contributed by atoms with Gasteiger partial charge >= 0.3 is 0 Å². The van der Waals surface area contributed by atoms with Crippen LogP contribution < -0.4 is 5.73 Å². The topological polar surface area (TPSA) is 63.4 Å². The van der Waals surface area contributed by atoms with Gasteiger partial charge in [0.05, 0.1) is 6.26 Å². The molecule has 1 aliphatic rings. The van der Waals surface area contributed by atoms with Crippen LogP contribution in [0.2, 0.25) is 0 Å². The minimum absolute atomic E-state index is 0.137. The van der Waals surface area contributed by atoms with Crippen LogP contribution in [0, 0.1) is 0 Å². The summed E-state index contributed by atoms with van der Waals surface area (Å²) >= 11 is 0. The van der Waals surface area contributed by atoms with Crippen LogP contribution in [-0.2, 0) is 10.0 Å². The molecule has 0 aromatic rings. The normalized spacial score (nSPS) is 26.0. The molecule has 1 heterocycles. The third-order valence-electron chi connectivity index (χ3n) is 2.75. The molecule has 0 amide bonds. The Kier molecular flexibility index (Phi) is 4.34. The largest absolute Gasteiger partial charge is 0.330 e.